The molecule has 1 heterocycles. The van der Waals surface area contributed by atoms with Crippen molar-refractivity contribution in [3.05, 3.63) is 169 Å². The van der Waals surface area contributed by atoms with Crippen LogP contribution in [-0.2, 0) is 0 Å². The van der Waals surface area contributed by atoms with Crippen LogP contribution in [0.4, 0.5) is 0 Å². The second kappa shape index (κ2) is 10.4. The Labute approximate surface area is 285 Å². The van der Waals surface area contributed by atoms with E-state index in [1.807, 2.05) is 30.3 Å². The van der Waals surface area contributed by atoms with E-state index < -0.39 is 136 Å². The molecule has 0 atom stereocenters. The first kappa shape index (κ1) is 13.8. The van der Waals surface area contributed by atoms with E-state index in [1.165, 1.54) is 0 Å². The summed E-state index contributed by atoms with van der Waals surface area (Å²) >= 11 is 0. The minimum Gasteiger partial charge on any atom is -0.455 e. The van der Waals surface area contributed by atoms with E-state index in [-0.39, 0.29) is 27.7 Å². The predicted octanol–water partition coefficient (Wildman–Crippen LogP) is 12.6. The number of benzene rings is 8. The van der Waals surface area contributed by atoms with Crippen LogP contribution in [0, 0.1) is 0 Å². The Balaban J connectivity index is 1.65. The molecular weight excluding hydrogens is 544 g/mol. The molecule has 1 heteroatoms. The summed E-state index contributed by atoms with van der Waals surface area (Å²) in [5.74, 6) is 0.188. The third-order valence-corrected chi connectivity index (χ3v) is 7.90. The van der Waals surface area contributed by atoms with Crippen molar-refractivity contribution in [1.82, 2.24) is 0 Å². The molecular formula is C44H28O. The van der Waals surface area contributed by atoms with Crippen LogP contribution in [0.25, 0.3) is 88.0 Å². The minimum absolute atomic E-state index is 0.0872. The Kier molecular flexibility index (Phi) is 3.18. The first-order chi connectivity index (χ1) is 29.4. The van der Waals surface area contributed by atoms with Crippen molar-refractivity contribution in [2.75, 3.05) is 0 Å². The number of furan rings is 1. The third-order valence-electron chi connectivity index (χ3n) is 7.90. The number of hydrogen-bond donors (Lipinski definition) is 0. The van der Waals surface area contributed by atoms with E-state index in [0.29, 0.717) is 16.5 Å². The first-order valence-electron chi connectivity index (χ1n) is 22.6. The highest BCUT2D eigenvalue weighted by atomic mass is 16.3. The first-order valence-corrected chi connectivity index (χ1v) is 14.1. The van der Waals surface area contributed by atoms with Crippen molar-refractivity contribution in [3.63, 3.8) is 0 Å². The highest BCUT2D eigenvalue weighted by molar-refractivity contribution is 6.26. The van der Waals surface area contributed by atoms with Crippen LogP contribution in [0.5, 0.6) is 0 Å². The molecule has 0 aliphatic carbocycles. The minimum atomic E-state index is -0.870. The van der Waals surface area contributed by atoms with Crippen LogP contribution in [0.1, 0.15) is 23.3 Å². The van der Waals surface area contributed by atoms with Crippen molar-refractivity contribution in [1.29, 1.82) is 0 Å². The van der Waals surface area contributed by atoms with Crippen molar-refractivity contribution in [3.8, 4) is 44.7 Å². The van der Waals surface area contributed by atoms with Crippen molar-refractivity contribution in [2.24, 2.45) is 0 Å². The van der Waals surface area contributed by atoms with Gasteiger partial charge in [-0.25, -0.2) is 0 Å². The second-order valence-corrected chi connectivity index (χ2v) is 10.4. The number of rotatable bonds is 4. The van der Waals surface area contributed by atoms with Gasteiger partial charge in [-0.2, -0.15) is 0 Å². The molecule has 0 radical (unpaired) electrons. The number of fused-ring (bicyclic) bond motifs is 4. The molecule has 45 heavy (non-hydrogen) atoms. The van der Waals surface area contributed by atoms with Gasteiger partial charge in [0.2, 0.25) is 0 Å². The maximum absolute atomic E-state index is 9.58. The molecule has 0 spiro atoms. The fourth-order valence-electron chi connectivity index (χ4n) is 6.01. The smallest absolute Gasteiger partial charge is 0.143 e. The second-order valence-electron chi connectivity index (χ2n) is 10.4. The summed E-state index contributed by atoms with van der Waals surface area (Å²) in [6.45, 7) is 0. The molecule has 0 saturated heterocycles. The van der Waals surface area contributed by atoms with Gasteiger partial charge in [0.15, 0.2) is 0 Å². The molecule has 8 aromatic carbocycles. The molecule has 1 nitrogen and oxygen atoms in total. The van der Waals surface area contributed by atoms with Crippen LogP contribution in [0.3, 0.4) is 0 Å². The molecule has 0 fully saturated rings. The summed E-state index contributed by atoms with van der Waals surface area (Å²) < 4.78 is 160. The van der Waals surface area contributed by atoms with Gasteiger partial charge in [-0.3, -0.25) is 0 Å². The van der Waals surface area contributed by atoms with Crippen LogP contribution in [0.15, 0.2) is 174 Å². The van der Waals surface area contributed by atoms with Gasteiger partial charge in [0.1, 0.15) is 11.3 Å². The summed E-state index contributed by atoms with van der Waals surface area (Å²) in [5, 5.41) is 0.533. The monoisotopic (exact) mass is 589 g/mol. The Bertz CT molecular complexity index is 3380. The van der Waals surface area contributed by atoms with Crippen molar-refractivity contribution in [2.45, 2.75) is 0 Å². The average molecular weight is 590 g/mol. The van der Waals surface area contributed by atoms with Gasteiger partial charge < -0.3 is 4.42 Å². The average Bonchev–Trinajstić information content (AvgIpc) is 3.64. The zero-order chi connectivity index (χ0) is 44.5. The SMILES string of the molecule is [2H]c1c([2H])c([2H])c(-c2c([2H])c([2H])c([2H])c([2H])c2-c2c3c([2H])c([2H])c([2H])c([2H])c3c(-c3c(-c4ccccc4)oc4cc5ccccc5cc34)c3c([2H])c([2H])c([2H])c([2H])c23)c([2H])c1[2H]. The van der Waals surface area contributed by atoms with Gasteiger partial charge in [-0.1, -0.05) is 157 Å². The van der Waals surface area contributed by atoms with Crippen molar-refractivity contribution >= 4 is 43.3 Å². The summed E-state index contributed by atoms with van der Waals surface area (Å²) in [6.07, 6.45) is 0. The van der Waals surface area contributed by atoms with E-state index in [0.717, 1.165) is 10.8 Å². The summed E-state index contributed by atoms with van der Waals surface area (Å²) in [5.41, 5.74) is -1.45. The van der Waals surface area contributed by atoms with Crippen molar-refractivity contribution < 1.29 is 27.7 Å². The Hall–Kier alpha value is -5.92. The standard InChI is InChI=1S/C44H28O/c1-3-15-29(16-4-1)33-21-9-10-22-34(33)41-35-23-11-13-25-37(35)42(38-26-14-12-24-36(38)41)43-39-27-31-19-7-8-20-32(31)28-40(39)45-44(43)30-17-5-2-6-18-30/h1-28H/i1D,3D,4D,9D,10D,11D,12D,13D,14D,15D,16D,21D,22D,23D,24D,25D,26D. The van der Waals surface area contributed by atoms with Gasteiger partial charge in [0, 0.05) is 22.1 Å². The molecule has 1 aromatic heterocycles. The highest BCUT2D eigenvalue weighted by Gasteiger charge is 2.25. The fourth-order valence-corrected chi connectivity index (χ4v) is 6.01. The van der Waals surface area contributed by atoms with Gasteiger partial charge >= 0.3 is 0 Å². The lowest BCUT2D eigenvalue weighted by Gasteiger charge is -2.20. The molecule has 0 unspecified atom stereocenters. The molecule has 0 aliphatic heterocycles. The summed E-state index contributed by atoms with van der Waals surface area (Å²) in [4.78, 5) is 0. The molecule has 0 bridgehead atoms. The largest absolute Gasteiger partial charge is 0.455 e. The Morgan fingerprint density at radius 2 is 0.933 bits per heavy atom. The summed E-state index contributed by atoms with van der Waals surface area (Å²) in [7, 11) is 0. The van der Waals surface area contributed by atoms with Crippen LogP contribution >= 0.6 is 0 Å². The molecule has 9 aromatic rings. The van der Waals surface area contributed by atoms with E-state index in [9.17, 15) is 8.22 Å². The van der Waals surface area contributed by atoms with E-state index in [4.69, 9.17) is 19.5 Å². The predicted molar refractivity (Wildman–Crippen MR) is 190 cm³/mol. The quantitative estimate of drug-likeness (QED) is 0.186. The fraction of sp³-hybridized carbons (Fsp3) is 0. The van der Waals surface area contributed by atoms with E-state index >= 15 is 0 Å². The van der Waals surface area contributed by atoms with Crippen LogP contribution < -0.4 is 0 Å². The van der Waals surface area contributed by atoms with Gasteiger partial charge in [0.25, 0.3) is 0 Å². The highest BCUT2D eigenvalue weighted by Crippen LogP contribution is 2.50. The molecule has 0 N–H and O–H groups in total. The Morgan fingerprint density at radius 3 is 1.60 bits per heavy atom. The van der Waals surface area contributed by atoms with E-state index in [2.05, 4.69) is 0 Å². The topological polar surface area (TPSA) is 13.1 Å². The maximum Gasteiger partial charge on any atom is 0.143 e. The Morgan fingerprint density at radius 1 is 0.400 bits per heavy atom. The van der Waals surface area contributed by atoms with E-state index in [1.54, 1.807) is 36.4 Å². The lowest BCUT2D eigenvalue weighted by molar-refractivity contribution is 0.633. The molecule has 210 valence electrons. The molecule has 0 saturated carbocycles. The zero-order valence-corrected chi connectivity index (χ0v) is 23.3. The normalized spacial score (nSPS) is 16.8. The molecule has 0 aliphatic rings. The molecule has 9 rings (SSSR count). The van der Waals surface area contributed by atoms with Crippen LogP contribution in [0.2, 0.25) is 0 Å². The number of hydrogen-bond acceptors (Lipinski definition) is 1. The molecule has 0 amide bonds. The van der Waals surface area contributed by atoms with Crippen LogP contribution in [-0.4, -0.2) is 0 Å². The zero-order valence-electron chi connectivity index (χ0n) is 40.3. The van der Waals surface area contributed by atoms with Gasteiger partial charge in [-0.15, -0.1) is 0 Å². The van der Waals surface area contributed by atoms with Gasteiger partial charge in [-0.05, 0) is 66.7 Å². The maximum atomic E-state index is 9.58. The summed E-state index contributed by atoms with van der Waals surface area (Å²) in [6, 6.07) is 6.33. The lowest BCUT2D eigenvalue weighted by Crippen LogP contribution is -1.93. The lowest BCUT2D eigenvalue weighted by atomic mass is 9.83. The third kappa shape index (κ3) is 4.09. The van der Waals surface area contributed by atoms with Gasteiger partial charge in [0.05, 0.1) is 23.3 Å².